The molecule has 0 unspecified atom stereocenters. The first kappa shape index (κ1) is 24.0. The van der Waals surface area contributed by atoms with E-state index >= 15 is 0 Å². The van der Waals surface area contributed by atoms with Crippen molar-refractivity contribution in [2.24, 2.45) is 11.7 Å². The zero-order valence-corrected chi connectivity index (χ0v) is 18.4. The van der Waals surface area contributed by atoms with Crippen molar-refractivity contribution in [1.29, 1.82) is 0 Å². The van der Waals surface area contributed by atoms with Gasteiger partial charge in [-0.1, -0.05) is 56.3 Å². The third-order valence-electron chi connectivity index (χ3n) is 4.72. The highest BCUT2D eigenvalue weighted by atomic mass is 35.5. The molecule has 2 aromatic carbocycles. The zero-order chi connectivity index (χ0) is 20.2. The van der Waals surface area contributed by atoms with E-state index in [0.717, 1.165) is 17.4 Å². The zero-order valence-electron chi connectivity index (χ0n) is 16.8. The van der Waals surface area contributed by atoms with Crippen molar-refractivity contribution >= 4 is 33.8 Å². The number of halogens is 1. The number of hydrogen-bond donors (Lipinski definition) is 1. The second kappa shape index (κ2) is 9.43. The summed E-state index contributed by atoms with van der Waals surface area (Å²) in [6.45, 7) is 5.94. The number of nitrogens with two attached hydrogens (primary N) is 1. The van der Waals surface area contributed by atoms with Gasteiger partial charge in [-0.05, 0) is 42.5 Å². The Labute approximate surface area is 174 Å². The van der Waals surface area contributed by atoms with Crippen molar-refractivity contribution in [3.05, 3.63) is 54.6 Å². The molecule has 7 heteroatoms. The summed E-state index contributed by atoms with van der Waals surface area (Å²) >= 11 is 0. The molecule has 154 valence electrons. The third-order valence-corrected chi connectivity index (χ3v) is 6.54. The largest absolute Gasteiger partial charge is 0.367 e. The van der Waals surface area contributed by atoms with Gasteiger partial charge < -0.3 is 10.6 Å². The average Bonchev–Trinajstić information content (AvgIpc) is 2.61. The van der Waals surface area contributed by atoms with Gasteiger partial charge in [0.15, 0.2) is 9.84 Å². The summed E-state index contributed by atoms with van der Waals surface area (Å²) in [6, 6.07) is 17.4. The van der Waals surface area contributed by atoms with E-state index in [9.17, 15) is 13.2 Å². The minimum Gasteiger partial charge on any atom is -0.367 e. The van der Waals surface area contributed by atoms with Gasteiger partial charge in [0.1, 0.15) is 0 Å². The van der Waals surface area contributed by atoms with Crippen LogP contribution in [0.4, 0.5) is 5.69 Å². The number of hydrogen-bond acceptors (Lipinski definition) is 4. The van der Waals surface area contributed by atoms with Crippen LogP contribution in [0.3, 0.4) is 0 Å². The Balaban J connectivity index is 0.00000392. The standard InChI is InChI=1S/C21H28N2O3S.ClH/c1-5-23(21(20(22)24,15-16(2)3)27(4,25)26)19-13-11-18(12-14-19)17-9-7-6-8-10-17;/h6-14,16H,5,15H2,1-4H3,(H2,22,24);1H/t21-;/m1./s1. The Kier molecular flexibility index (Phi) is 8.08. The van der Waals surface area contributed by atoms with E-state index < -0.39 is 20.6 Å². The van der Waals surface area contributed by atoms with Crippen molar-refractivity contribution in [2.75, 3.05) is 17.7 Å². The number of rotatable bonds is 8. The minimum absolute atomic E-state index is 0. The number of carbonyl (C=O) groups is 1. The summed E-state index contributed by atoms with van der Waals surface area (Å²) in [4.78, 5) is 12.3. The van der Waals surface area contributed by atoms with Gasteiger partial charge in [-0.25, -0.2) is 8.42 Å². The fraction of sp³-hybridized carbons (Fsp3) is 0.381. The minimum atomic E-state index is -3.79. The molecule has 1 amide bonds. The molecule has 0 bridgehead atoms. The summed E-state index contributed by atoms with van der Waals surface area (Å²) in [6.07, 6.45) is 1.22. The quantitative estimate of drug-likeness (QED) is 0.697. The maximum atomic E-state index is 12.7. The van der Waals surface area contributed by atoms with E-state index in [1.807, 2.05) is 75.4 Å². The lowest BCUT2D eigenvalue weighted by Gasteiger charge is -2.42. The van der Waals surface area contributed by atoms with Crippen LogP contribution < -0.4 is 10.6 Å². The van der Waals surface area contributed by atoms with Gasteiger partial charge in [0.2, 0.25) is 4.87 Å². The van der Waals surface area contributed by atoms with Crippen molar-refractivity contribution in [2.45, 2.75) is 32.1 Å². The van der Waals surface area contributed by atoms with E-state index in [1.165, 1.54) is 0 Å². The van der Waals surface area contributed by atoms with Gasteiger partial charge in [-0.3, -0.25) is 4.79 Å². The summed E-state index contributed by atoms with van der Waals surface area (Å²) < 4.78 is 25.5. The predicted molar refractivity (Wildman–Crippen MR) is 118 cm³/mol. The molecule has 2 N–H and O–H groups in total. The highest BCUT2D eigenvalue weighted by Crippen LogP contribution is 2.35. The van der Waals surface area contributed by atoms with Crippen molar-refractivity contribution < 1.29 is 13.2 Å². The first-order valence-electron chi connectivity index (χ1n) is 9.06. The number of amides is 1. The van der Waals surface area contributed by atoms with Gasteiger partial charge >= 0.3 is 0 Å². The van der Waals surface area contributed by atoms with Crippen LogP contribution >= 0.6 is 12.4 Å². The number of anilines is 1. The van der Waals surface area contributed by atoms with Gasteiger partial charge in [0, 0.05) is 18.5 Å². The lowest BCUT2D eigenvalue weighted by Crippen LogP contribution is -2.63. The van der Waals surface area contributed by atoms with Gasteiger partial charge in [-0.15, -0.1) is 12.4 Å². The molecular weight excluding hydrogens is 396 g/mol. The molecule has 2 rings (SSSR count). The van der Waals surface area contributed by atoms with Crippen LogP contribution in [0, 0.1) is 5.92 Å². The molecule has 0 aliphatic carbocycles. The maximum Gasteiger partial charge on any atom is 0.259 e. The summed E-state index contributed by atoms with van der Waals surface area (Å²) in [5, 5.41) is 0. The van der Waals surface area contributed by atoms with Gasteiger partial charge in [0.05, 0.1) is 0 Å². The van der Waals surface area contributed by atoms with E-state index in [-0.39, 0.29) is 24.7 Å². The van der Waals surface area contributed by atoms with Crippen LogP contribution in [0.25, 0.3) is 11.1 Å². The lowest BCUT2D eigenvalue weighted by molar-refractivity contribution is -0.121. The number of likely N-dealkylation sites (N-methyl/N-ethyl adjacent to an activating group) is 1. The summed E-state index contributed by atoms with van der Waals surface area (Å²) in [5.41, 5.74) is 8.42. The number of benzene rings is 2. The Morgan fingerprint density at radius 3 is 1.93 bits per heavy atom. The topological polar surface area (TPSA) is 80.5 Å². The molecule has 0 heterocycles. The monoisotopic (exact) mass is 424 g/mol. The Bertz CT molecular complexity index is 884. The van der Waals surface area contributed by atoms with Crippen LogP contribution in [0.5, 0.6) is 0 Å². The van der Waals surface area contributed by atoms with Gasteiger partial charge in [-0.2, -0.15) is 0 Å². The van der Waals surface area contributed by atoms with E-state index in [4.69, 9.17) is 5.73 Å². The molecule has 1 atom stereocenters. The van der Waals surface area contributed by atoms with Crippen LogP contribution in [0.1, 0.15) is 27.2 Å². The highest BCUT2D eigenvalue weighted by molar-refractivity contribution is 7.93. The molecule has 2 aromatic rings. The molecule has 5 nitrogen and oxygen atoms in total. The molecule has 0 saturated heterocycles. The lowest BCUT2D eigenvalue weighted by atomic mass is 9.99. The van der Waals surface area contributed by atoms with Crippen LogP contribution in [0.15, 0.2) is 54.6 Å². The first-order valence-corrected chi connectivity index (χ1v) is 10.9. The molecule has 0 saturated carbocycles. The Morgan fingerprint density at radius 2 is 1.54 bits per heavy atom. The van der Waals surface area contributed by atoms with Crippen LogP contribution in [0.2, 0.25) is 0 Å². The predicted octanol–water partition coefficient (Wildman–Crippen LogP) is 3.87. The summed E-state index contributed by atoms with van der Waals surface area (Å²) in [5.74, 6) is -0.863. The van der Waals surface area contributed by atoms with Crippen molar-refractivity contribution in [3.63, 3.8) is 0 Å². The molecule has 0 aliphatic rings. The second-order valence-corrected chi connectivity index (χ2v) is 9.40. The molecule has 0 spiro atoms. The van der Waals surface area contributed by atoms with E-state index in [1.54, 1.807) is 4.90 Å². The number of carbonyl (C=O) groups excluding carboxylic acids is 1. The van der Waals surface area contributed by atoms with Crippen LogP contribution in [-0.4, -0.2) is 32.0 Å². The molecule has 0 aromatic heterocycles. The Morgan fingerprint density at radius 1 is 1.04 bits per heavy atom. The number of primary amides is 1. The number of sulfone groups is 1. The highest BCUT2D eigenvalue weighted by Gasteiger charge is 2.51. The van der Waals surface area contributed by atoms with E-state index in [2.05, 4.69) is 0 Å². The molecular formula is C21H29ClN2O3S. The van der Waals surface area contributed by atoms with Crippen molar-refractivity contribution in [3.8, 4) is 11.1 Å². The second-order valence-electron chi connectivity index (χ2n) is 7.18. The fourth-order valence-electron chi connectivity index (χ4n) is 3.54. The SMILES string of the molecule is CCN(c1ccc(-c2ccccc2)cc1)[C@@](CC(C)C)(C(N)=O)S(C)(=O)=O.Cl. The van der Waals surface area contributed by atoms with E-state index in [0.29, 0.717) is 12.2 Å². The Hall–Kier alpha value is -2.05. The molecule has 0 radical (unpaired) electrons. The fourth-order valence-corrected chi connectivity index (χ4v) is 5.18. The van der Waals surface area contributed by atoms with Crippen molar-refractivity contribution in [1.82, 2.24) is 0 Å². The maximum absolute atomic E-state index is 12.7. The third kappa shape index (κ3) is 4.67. The molecule has 0 aliphatic heterocycles. The first-order chi connectivity index (χ1) is 12.6. The smallest absolute Gasteiger partial charge is 0.259 e. The molecule has 28 heavy (non-hydrogen) atoms. The summed E-state index contributed by atoms with van der Waals surface area (Å²) in [7, 11) is -3.79. The normalized spacial score (nSPS) is 13.5. The average molecular weight is 425 g/mol. The van der Waals surface area contributed by atoms with Crippen LogP contribution in [-0.2, 0) is 14.6 Å². The molecule has 0 fully saturated rings. The number of nitrogens with zero attached hydrogens (tertiary/aromatic N) is 1. The van der Waals surface area contributed by atoms with Gasteiger partial charge in [0.25, 0.3) is 5.91 Å².